The van der Waals surface area contributed by atoms with Crippen LogP contribution in [0.4, 0.5) is 0 Å². The summed E-state index contributed by atoms with van der Waals surface area (Å²) in [5.74, 6) is 0. The van der Waals surface area contributed by atoms with Crippen molar-refractivity contribution < 1.29 is 24.2 Å². The van der Waals surface area contributed by atoms with E-state index < -0.39 is 0 Å². The fraction of sp³-hybridized carbons (Fsp3) is 0.0606. The zero-order chi connectivity index (χ0) is 23.6. The van der Waals surface area contributed by atoms with E-state index in [1.54, 1.807) is 24.2 Å². The van der Waals surface area contributed by atoms with Gasteiger partial charge in [0.25, 0.3) is 0 Å². The molecule has 0 unspecified atom stereocenters. The molecule has 6 aromatic carbocycles. The first-order valence-electron chi connectivity index (χ1n) is 11.7. The van der Waals surface area contributed by atoms with Gasteiger partial charge in [0.05, 0.1) is 0 Å². The molecule has 0 saturated heterocycles. The topological polar surface area (TPSA) is 0 Å². The minimum Gasteiger partial charge on any atom is -0.168 e. The van der Waals surface area contributed by atoms with E-state index in [2.05, 4.69) is 144 Å². The van der Waals surface area contributed by atoms with Crippen molar-refractivity contribution in [3.63, 3.8) is 0 Å². The number of rotatable bonds is 3. The van der Waals surface area contributed by atoms with Gasteiger partial charge in [0.1, 0.15) is 0 Å². The summed E-state index contributed by atoms with van der Waals surface area (Å²) in [6.45, 7) is 2.15. The third-order valence-corrected chi connectivity index (χ3v) is 6.73. The van der Waals surface area contributed by atoms with Gasteiger partial charge in [0, 0.05) is 0 Å². The number of fused-ring (bicyclic) bond motifs is 2. The van der Waals surface area contributed by atoms with Crippen LogP contribution in [0, 0.1) is 0 Å². The van der Waals surface area contributed by atoms with Crippen LogP contribution < -0.4 is 0 Å². The molecule has 0 radical (unpaired) electrons. The van der Waals surface area contributed by atoms with E-state index in [-0.39, 0.29) is 0 Å². The second kappa shape index (κ2) is 12.4. The largest absolute Gasteiger partial charge is 0.168 e. The second-order valence-corrected chi connectivity index (χ2v) is 9.02. The summed E-state index contributed by atoms with van der Waals surface area (Å²) in [5, 5.41) is 5.31. The predicted octanol–water partition coefficient (Wildman–Crippen LogP) is 9.20. The first-order valence-corrected chi connectivity index (χ1v) is 13.1. The summed E-state index contributed by atoms with van der Waals surface area (Å²) in [5.41, 5.74) is 5.21. The maximum Gasteiger partial charge on any atom is -0.0279 e. The molecule has 1 heteroatoms. The third-order valence-electron chi connectivity index (χ3n) is 5.73. The maximum atomic E-state index is 2.22. The normalized spacial score (nSPS) is 10.2. The van der Waals surface area contributed by atoms with E-state index in [1.807, 2.05) is 0 Å². The van der Waals surface area contributed by atoms with Crippen molar-refractivity contribution in [3.8, 4) is 22.3 Å². The van der Waals surface area contributed by atoms with E-state index in [1.165, 1.54) is 50.2 Å². The van der Waals surface area contributed by atoms with Crippen LogP contribution in [0.25, 0.3) is 43.8 Å². The number of hydrogen-bond donors (Lipinski definition) is 0. The molecule has 0 heterocycles. The van der Waals surface area contributed by atoms with Gasteiger partial charge in [-0.15, -0.1) is 57.9 Å². The molecule has 0 atom stereocenters. The molecule has 0 aliphatic rings. The fourth-order valence-electron chi connectivity index (χ4n) is 4.06. The summed E-state index contributed by atoms with van der Waals surface area (Å²) in [6.07, 6.45) is 1.23. The average molecular weight is 516 g/mol. The molecule has 0 amide bonds. The molecule has 0 aromatic heterocycles. The Bertz CT molecular complexity index is 1330. The number of benzene rings is 4. The molecule has 0 N–H and O–H groups in total. The third kappa shape index (κ3) is 5.85. The van der Waals surface area contributed by atoms with Gasteiger partial charge < -0.3 is 0 Å². The van der Waals surface area contributed by atoms with Gasteiger partial charge in [-0.1, -0.05) is 83.9 Å². The van der Waals surface area contributed by atoms with E-state index in [9.17, 15) is 0 Å². The van der Waals surface area contributed by atoms with Crippen molar-refractivity contribution in [3.05, 3.63) is 133 Å². The van der Waals surface area contributed by atoms with Crippen molar-refractivity contribution in [2.24, 2.45) is 0 Å². The van der Waals surface area contributed by atoms with Crippen LogP contribution >= 0.6 is 0 Å². The van der Waals surface area contributed by atoms with Gasteiger partial charge in [0.2, 0.25) is 0 Å². The molecule has 164 valence electrons. The Morgan fingerprint density at radius 1 is 0.559 bits per heavy atom. The molecule has 0 nitrogen and oxygen atoms in total. The molecule has 0 saturated carbocycles. The molecular formula is C33H28Zr. The van der Waals surface area contributed by atoms with Crippen LogP contribution in [0.15, 0.2) is 133 Å². The van der Waals surface area contributed by atoms with Crippen molar-refractivity contribution >= 4 is 25.3 Å². The van der Waals surface area contributed by atoms with Crippen molar-refractivity contribution in [1.82, 2.24) is 0 Å². The molecule has 0 bridgehead atoms. The SMILES string of the molecule is CC[CH]=[Zr+2].c1ccc(-c2cccc3[cH-]ccc23)cc1.c1ccc(-c2cccc3[cH-]ccc23)cc1. The first kappa shape index (κ1) is 24.0. The van der Waals surface area contributed by atoms with Gasteiger partial charge in [-0.05, 0) is 11.1 Å². The first-order chi connectivity index (χ1) is 16.8. The molecule has 6 aromatic rings. The Kier molecular flexibility index (Phi) is 8.72. The van der Waals surface area contributed by atoms with Crippen LogP contribution in [0.3, 0.4) is 0 Å². The smallest absolute Gasteiger partial charge is 0.0279 e. The van der Waals surface area contributed by atoms with Crippen molar-refractivity contribution in [1.29, 1.82) is 0 Å². The van der Waals surface area contributed by atoms with Crippen molar-refractivity contribution in [2.45, 2.75) is 13.3 Å². The Morgan fingerprint density at radius 2 is 0.971 bits per heavy atom. The molecule has 6 rings (SSSR count). The Hall–Kier alpha value is -3.15. The molecule has 0 aliphatic heterocycles. The van der Waals surface area contributed by atoms with E-state index in [0.717, 1.165) is 0 Å². The van der Waals surface area contributed by atoms with E-state index in [0.29, 0.717) is 0 Å². The summed E-state index contributed by atoms with van der Waals surface area (Å²) in [6, 6.07) is 46.8. The van der Waals surface area contributed by atoms with Crippen LogP contribution in [0.1, 0.15) is 13.3 Å². The summed E-state index contributed by atoms with van der Waals surface area (Å²) in [7, 11) is 0. The molecule has 0 spiro atoms. The van der Waals surface area contributed by atoms with Crippen LogP contribution in [-0.4, -0.2) is 3.71 Å². The van der Waals surface area contributed by atoms with Crippen LogP contribution in [0.2, 0.25) is 0 Å². The zero-order valence-electron chi connectivity index (χ0n) is 19.5. The minimum absolute atomic E-state index is 1.23. The van der Waals surface area contributed by atoms with Gasteiger partial charge in [-0.25, -0.2) is 0 Å². The Balaban J connectivity index is 0.000000140. The van der Waals surface area contributed by atoms with Gasteiger partial charge in [0.15, 0.2) is 0 Å². The van der Waals surface area contributed by atoms with Gasteiger partial charge >= 0.3 is 41.3 Å². The zero-order valence-corrected chi connectivity index (χ0v) is 21.9. The Labute approximate surface area is 217 Å². The van der Waals surface area contributed by atoms with E-state index in [4.69, 9.17) is 0 Å². The summed E-state index contributed by atoms with van der Waals surface area (Å²) in [4.78, 5) is 0. The Morgan fingerprint density at radius 3 is 1.35 bits per heavy atom. The standard InChI is InChI=1S/2C15H11.C3H6.Zr/c2*1-2-6-12(7-3-1)14-10-4-8-13-9-5-11-15(13)14;1-3-2;/h2*1-11H;1H,3H2,2H3;/q2*-1;;+2. The summed E-state index contributed by atoms with van der Waals surface area (Å²) < 4.78 is 2.22. The minimum atomic E-state index is 1.23. The number of hydrogen-bond acceptors (Lipinski definition) is 0. The predicted molar refractivity (Wildman–Crippen MR) is 146 cm³/mol. The van der Waals surface area contributed by atoms with Gasteiger partial charge in [-0.2, -0.15) is 24.3 Å². The molecule has 0 fully saturated rings. The van der Waals surface area contributed by atoms with Crippen LogP contribution in [0.5, 0.6) is 0 Å². The quantitative estimate of drug-likeness (QED) is 0.206. The molecular weight excluding hydrogens is 488 g/mol. The van der Waals surface area contributed by atoms with Gasteiger partial charge in [-0.3, -0.25) is 0 Å². The fourth-order valence-corrected chi connectivity index (χ4v) is 4.06. The maximum absolute atomic E-state index is 2.22. The average Bonchev–Trinajstić information content (AvgIpc) is 3.60. The second-order valence-electron chi connectivity index (χ2n) is 8.01. The van der Waals surface area contributed by atoms with Crippen LogP contribution in [-0.2, 0) is 24.2 Å². The van der Waals surface area contributed by atoms with Crippen molar-refractivity contribution in [2.75, 3.05) is 0 Å². The van der Waals surface area contributed by atoms with E-state index >= 15 is 0 Å². The molecule has 34 heavy (non-hydrogen) atoms. The summed E-state index contributed by atoms with van der Waals surface area (Å²) >= 11 is 1.54. The molecule has 0 aliphatic carbocycles. The monoisotopic (exact) mass is 514 g/mol.